The third-order valence-corrected chi connectivity index (χ3v) is 6.13. The zero-order valence-corrected chi connectivity index (χ0v) is 14.8. The number of carbonyl (C=O) groups excluding carboxylic acids is 2. The second-order valence-corrected chi connectivity index (χ2v) is 8.10. The van der Waals surface area contributed by atoms with Gasteiger partial charge in [-0.2, -0.15) is 0 Å². The van der Waals surface area contributed by atoms with E-state index < -0.39 is 24.2 Å². The van der Waals surface area contributed by atoms with Crippen LogP contribution in [-0.2, 0) is 17.6 Å². The Bertz CT molecular complexity index is 689. The number of H-pyrrole nitrogens is 1. The molecule has 0 aliphatic heterocycles. The van der Waals surface area contributed by atoms with Gasteiger partial charge in [0.15, 0.2) is 0 Å². The molecule has 0 saturated heterocycles. The molecule has 1 aromatic heterocycles. The first-order chi connectivity index (χ1) is 12.5. The van der Waals surface area contributed by atoms with Gasteiger partial charge in [0.25, 0.3) is 5.91 Å². The Hall–Kier alpha value is -1.89. The van der Waals surface area contributed by atoms with Crippen LogP contribution in [-0.4, -0.2) is 46.8 Å². The lowest BCUT2D eigenvalue weighted by Crippen LogP contribution is -2.44. The van der Waals surface area contributed by atoms with Crippen LogP contribution < -0.4 is 10.6 Å². The largest absolute Gasteiger partial charge is 0.391 e. The van der Waals surface area contributed by atoms with E-state index in [-0.39, 0.29) is 17.9 Å². The van der Waals surface area contributed by atoms with Gasteiger partial charge in [0, 0.05) is 11.7 Å². The summed E-state index contributed by atoms with van der Waals surface area (Å²) in [5, 5.41) is 15.9. The van der Waals surface area contributed by atoms with Crippen molar-refractivity contribution in [2.24, 2.45) is 5.41 Å². The van der Waals surface area contributed by atoms with Crippen LogP contribution in [0.1, 0.15) is 60.3 Å². The summed E-state index contributed by atoms with van der Waals surface area (Å²) in [5.41, 5.74) is 2.07. The van der Waals surface area contributed by atoms with Crippen molar-refractivity contribution in [1.29, 1.82) is 0 Å². The number of hydrogen-bond donors (Lipinski definition) is 4. The van der Waals surface area contributed by atoms with E-state index in [0.717, 1.165) is 31.4 Å². The number of aryl methyl sites for hydroxylation is 2. The van der Waals surface area contributed by atoms with E-state index in [4.69, 9.17) is 0 Å². The lowest BCUT2D eigenvalue weighted by Gasteiger charge is -2.19. The zero-order chi connectivity index (χ0) is 18.3. The molecule has 7 heteroatoms. The SMILES string of the molecule is O=C(N[C@H]1C[C@@H](O)[C@H](NC(=O)C2(CF)CC2)C1)c1cc2c([nH]1)CCCC2. The lowest BCUT2D eigenvalue weighted by molar-refractivity contribution is -0.128. The summed E-state index contributed by atoms with van der Waals surface area (Å²) in [5.74, 6) is -0.487. The van der Waals surface area contributed by atoms with Crippen LogP contribution in [0.25, 0.3) is 0 Å². The molecule has 3 aliphatic rings. The van der Waals surface area contributed by atoms with Crippen molar-refractivity contribution in [2.45, 2.75) is 69.6 Å². The van der Waals surface area contributed by atoms with Gasteiger partial charge in [0.1, 0.15) is 12.4 Å². The number of amides is 2. The van der Waals surface area contributed by atoms with Crippen LogP contribution in [0, 0.1) is 5.41 Å². The van der Waals surface area contributed by atoms with Crippen LogP contribution in [0.4, 0.5) is 4.39 Å². The predicted molar refractivity (Wildman–Crippen MR) is 93.5 cm³/mol. The van der Waals surface area contributed by atoms with Crippen LogP contribution in [0.15, 0.2) is 6.07 Å². The summed E-state index contributed by atoms with van der Waals surface area (Å²) in [6.07, 6.45) is 5.54. The molecule has 3 aliphatic carbocycles. The number of aromatic nitrogens is 1. The molecule has 142 valence electrons. The van der Waals surface area contributed by atoms with E-state index in [9.17, 15) is 19.1 Å². The van der Waals surface area contributed by atoms with E-state index in [1.807, 2.05) is 6.07 Å². The Kier molecular flexibility index (Phi) is 4.50. The number of hydrogen-bond acceptors (Lipinski definition) is 3. The second kappa shape index (κ2) is 6.68. The molecule has 4 rings (SSSR count). The number of rotatable bonds is 5. The van der Waals surface area contributed by atoms with Crippen LogP contribution in [0.5, 0.6) is 0 Å². The monoisotopic (exact) mass is 363 g/mol. The number of aromatic amines is 1. The van der Waals surface area contributed by atoms with Gasteiger partial charge in [-0.3, -0.25) is 9.59 Å². The molecule has 2 saturated carbocycles. The first-order valence-electron chi connectivity index (χ1n) is 9.57. The summed E-state index contributed by atoms with van der Waals surface area (Å²) in [4.78, 5) is 27.9. The minimum Gasteiger partial charge on any atom is -0.391 e. The molecule has 26 heavy (non-hydrogen) atoms. The molecule has 1 heterocycles. The summed E-state index contributed by atoms with van der Waals surface area (Å²) in [6, 6.07) is 1.28. The highest BCUT2D eigenvalue weighted by Gasteiger charge is 2.51. The molecule has 0 radical (unpaired) electrons. The summed E-state index contributed by atoms with van der Waals surface area (Å²) >= 11 is 0. The highest BCUT2D eigenvalue weighted by Crippen LogP contribution is 2.46. The van der Waals surface area contributed by atoms with Crippen molar-refractivity contribution in [3.63, 3.8) is 0 Å². The minimum absolute atomic E-state index is 0.175. The quantitative estimate of drug-likeness (QED) is 0.637. The number of nitrogens with one attached hydrogen (secondary N) is 3. The third-order valence-electron chi connectivity index (χ3n) is 6.13. The maximum atomic E-state index is 13.0. The fourth-order valence-corrected chi connectivity index (χ4v) is 4.17. The second-order valence-electron chi connectivity index (χ2n) is 8.10. The molecule has 2 amide bonds. The summed E-state index contributed by atoms with van der Waals surface area (Å²) < 4.78 is 13.0. The Balaban J connectivity index is 1.33. The number of carbonyl (C=O) groups is 2. The lowest BCUT2D eigenvalue weighted by atomic mass is 9.98. The summed E-state index contributed by atoms with van der Waals surface area (Å²) in [7, 11) is 0. The molecule has 4 N–H and O–H groups in total. The number of aliphatic hydroxyl groups excluding tert-OH is 1. The Morgan fingerprint density at radius 2 is 2.00 bits per heavy atom. The van der Waals surface area contributed by atoms with Gasteiger partial charge in [-0.05, 0) is 63.0 Å². The molecular weight excluding hydrogens is 337 g/mol. The van der Waals surface area contributed by atoms with E-state index in [2.05, 4.69) is 15.6 Å². The van der Waals surface area contributed by atoms with Gasteiger partial charge in [-0.25, -0.2) is 4.39 Å². The average Bonchev–Trinajstić information content (AvgIpc) is 3.20. The number of halogens is 1. The third kappa shape index (κ3) is 3.24. The van der Waals surface area contributed by atoms with Crippen molar-refractivity contribution in [3.8, 4) is 0 Å². The van der Waals surface area contributed by atoms with Crippen molar-refractivity contribution < 1.29 is 19.1 Å². The number of aliphatic hydroxyl groups is 1. The molecule has 3 atom stereocenters. The topological polar surface area (TPSA) is 94.2 Å². The van der Waals surface area contributed by atoms with Crippen LogP contribution in [0.3, 0.4) is 0 Å². The normalized spacial score (nSPS) is 29.1. The van der Waals surface area contributed by atoms with Gasteiger partial charge < -0.3 is 20.7 Å². The van der Waals surface area contributed by atoms with Crippen molar-refractivity contribution in [2.75, 3.05) is 6.67 Å². The van der Waals surface area contributed by atoms with Crippen molar-refractivity contribution >= 4 is 11.8 Å². The fraction of sp³-hybridized carbons (Fsp3) is 0.684. The van der Waals surface area contributed by atoms with Gasteiger partial charge in [0.05, 0.1) is 17.6 Å². The van der Waals surface area contributed by atoms with Gasteiger partial charge in [-0.15, -0.1) is 0 Å². The number of fused-ring (bicyclic) bond motifs is 1. The van der Waals surface area contributed by atoms with Gasteiger partial charge in [-0.1, -0.05) is 0 Å². The van der Waals surface area contributed by atoms with E-state index in [0.29, 0.717) is 31.4 Å². The highest BCUT2D eigenvalue weighted by atomic mass is 19.1. The molecular formula is C19H26FN3O3. The smallest absolute Gasteiger partial charge is 0.267 e. The van der Waals surface area contributed by atoms with E-state index >= 15 is 0 Å². The average molecular weight is 363 g/mol. The maximum absolute atomic E-state index is 13.0. The Morgan fingerprint density at radius 1 is 1.23 bits per heavy atom. The first kappa shape index (κ1) is 17.5. The molecule has 1 aromatic rings. The molecule has 0 aromatic carbocycles. The summed E-state index contributed by atoms with van der Waals surface area (Å²) in [6.45, 7) is -0.653. The molecule has 0 bridgehead atoms. The highest BCUT2D eigenvalue weighted by molar-refractivity contribution is 5.93. The van der Waals surface area contributed by atoms with Crippen molar-refractivity contribution in [1.82, 2.24) is 15.6 Å². The Morgan fingerprint density at radius 3 is 2.69 bits per heavy atom. The standard InChI is InChI=1S/C19H26FN3O3/c20-10-19(5-6-19)18(26)23-14-8-12(9-16(14)24)21-17(25)15-7-11-3-1-2-4-13(11)22-15/h7,12,14,16,22,24H,1-6,8-10H2,(H,21,25)(H,23,26)/t12-,14-,16-/m1/s1. The molecule has 2 fully saturated rings. The first-order valence-corrected chi connectivity index (χ1v) is 9.57. The minimum atomic E-state index is -0.871. The molecule has 0 unspecified atom stereocenters. The fourth-order valence-electron chi connectivity index (χ4n) is 4.17. The van der Waals surface area contributed by atoms with Gasteiger partial charge >= 0.3 is 0 Å². The maximum Gasteiger partial charge on any atom is 0.267 e. The van der Waals surface area contributed by atoms with Crippen molar-refractivity contribution in [3.05, 3.63) is 23.0 Å². The van der Waals surface area contributed by atoms with Crippen LogP contribution in [0.2, 0.25) is 0 Å². The predicted octanol–water partition coefficient (Wildman–Crippen LogP) is 1.38. The molecule has 0 spiro atoms. The van der Waals surface area contributed by atoms with E-state index in [1.165, 1.54) is 5.56 Å². The molecule has 6 nitrogen and oxygen atoms in total. The van der Waals surface area contributed by atoms with Gasteiger partial charge in [0.2, 0.25) is 5.91 Å². The van der Waals surface area contributed by atoms with Crippen LogP contribution >= 0.6 is 0 Å². The van der Waals surface area contributed by atoms with E-state index in [1.54, 1.807) is 0 Å². The number of alkyl halides is 1. The Labute approximate surface area is 151 Å². The zero-order valence-electron chi connectivity index (χ0n) is 14.8.